The Hall–Kier alpha value is -3.19. The molecule has 0 aliphatic carbocycles. The van der Waals surface area contributed by atoms with Gasteiger partial charge in [0.1, 0.15) is 17.5 Å². The number of hydrogen-bond donors (Lipinski definition) is 2. The summed E-state index contributed by atoms with van der Waals surface area (Å²) in [5, 5.41) is 5.85. The molecule has 0 amide bonds. The number of hydrogen-bond acceptors (Lipinski definition) is 4. The number of benzene rings is 2. The van der Waals surface area contributed by atoms with Crippen molar-refractivity contribution < 1.29 is 13.2 Å². The van der Waals surface area contributed by atoms with Crippen LogP contribution in [0.2, 0.25) is 0 Å². The lowest BCUT2D eigenvalue weighted by Gasteiger charge is -2.22. The predicted molar refractivity (Wildman–Crippen MR) is 143 cm³/mol. The molecule has 186 valence electrons. The lowest BCUT2D eigenvalue weighted by molar-refractivity contribution is 0.505. The van der Waals surface area contributed by atoms with Crippen molar-refractivity contribution in [3.05, 3.63) is 108 Å². The summed E-state index contributed by atoms with van der Waals surface area (Å²) >= 11 is 1.72. The number of thioether (sulfide) groups is 1. The summed E-state index contributed by atoms with van der Waals surface area (Å²) in [6.07, 6.45) is 3.83. The molecule has 0 saturated carbocycles. The highest BCUT2D eigenvalue weighted by Crippen LogP contribution is 2.31. The van der Waals surface area contributed by atoms with E-state index in [4.69, 9.17) is 0 Å². The van der Waals surface area contributed by atoms with Crippen LogP contribution >= 0.6 is 11.8 Å². The molecule has 35 heavy (non-hydrogen) atoms. The fourth-order valence-corrected chi connectivity index (χ4v) is 3.84. The van der Waals surface area contributed by atoms with E-state index in [-0.39, 0.29) is 11.4 Å². The maximum Gasteiger partial charge on any atom is 0.132 e. The monoisotopic (exact) mass is 499 g/mol. The Morgan fingerprint density at radius 1 is 1.03 bits per heavy atom. The Morgan fingerprint density at radius 3 is 2.14 bits per heavy atom. The van der Waals surface area contributed by atoms with Gasteiger partial charge in [-0.15, -0.1) is 18.3 Å². The molecule has 0 aliphatic rings. The molecule has 0 bridgehead atoms. The second-order valence-corrected chi connectivity index (χ2v) is 9.66. The average Bonchev–Trinajstić information content (AvgIpc) is 2.81. The number of halogens is 3. The highest BCUT2D eigenvalue weighted by Gasteiger charge is 2.25. The second-order valence-electron chi connectivity index (χ2n) is 8.32. The zero-order valence-corrected chi connectivity index (χ0v) is 21.4. The third-order valence-electron chi connectivity index (χ3n) is 5.15. The molecule has 3 aromatic rings. The van der Waals surface area contributed by atoms with Gasteiger partial charge in [0, 0.05) is 58.3 Å². The summed E-state index contributed by atoms with van der Waals surface area (Å²) in [6, 6.07) is 12.7. The van der Waals surface area contributed by atoms with Gasteiger partial charge in [-0.1, -0.05) is 33.4 Å². The first-order chi connectivity index (χ1) is 16.6. The van der Waals surface area contributed by atoms with Crippen molar-refractivity contribution in [3.63, 3.8) is 0 Å². The maximum absolute atomic E-state index is 14.4. The van der Waals surface area contributed by atoms with E-state index in [0.29, 0.717) is 17.8 Å². The number of nitrogens with one attached hydrogen (secondary N) is 2. The molecule has 0 atom stereocenters. The minimum atomic E-state index is -0.786. The lowest BCUT2D eigenvalue weighted by Crippen LogP contribution is -2.18. The van der Waals surface area contributed by atoms with Crippen LogP contribution in [-0.4, -0.2) is 17.8 Å². The molecule has 3 nitrogen and oxygen atoms in total. The molecule has 1 aromatic heterocycles. The predicted octanol–water partition coefficient (Wildman–Crippen LogP) is 7.97. The van der Waals surface area contributed by atoms with E-state index in [9.17, 15) is 13.2 Å². The minimum Gasteiger partial charge on any atom is -0.388 e. The molecule has 7 heteroatoms. The van der Waals surface area contributed by atoms with E-state index in [1.807, 2.05) is 18.3 Å². The molecule has 0 spiro atoms. The molecule has 3 rings (SSSR count). The van der Waals surface area contributed by atoms with Crippen molar-refractivity contribution >= 4 is 23.1 Å². The van der Waals surface area contributed by atoms with Gasteiger partial charge in [-0.3, -0.25) is 4.98 Å². The van der Waals surface area contributed by atoms with Crippen LogP contribution in [0, 0.1) is 17.5 Å². The molecule has 1 heterocycles. The minimum absolute atomic E-state index is 0.00865. The summed E-state index contributed by atoms with van der Waals surface area (Å²) in [6.45, 7) is 13.1. The van der Waals surface area contributed by atoms with Gasteiger partial charge in [0.2, 0.25) is 0 Å². The van der Waals surface area contributed by atoms with Crippen LogP contribution in [0.3, 0.4) is 0 Å². The Bertz CT molecular complexity index is 1100. The normalized spacial score (nSPS) is 10.7. The summed E-state index contributed by atoms with van der Waals surface area (Å²) in [7, 11) is 1.80. The standard InChI is InChI=1S/C21H24F2N2S.C7H8FN/c1-6-21(4,5)20-18(22)11-16(12-19(20)23)25-14(3)10-15-8-9-17(13-24-15)26-7-2;1-9-7-4-2-6(8)3-5-7/h6,8-9,11-13,25H,1,3,7,10H2,2,4-5H3;2-5,9H,1H3. The van der Waals surface area contributed by atoms with Gasteiger partial charge in [0.05, 0.1) is 0 Å². The summed E-state index contributed by atoms with van der Waals surface area (Å²) in [4.78, 5) is 5.50. The van der Waals surface area contributed by atoms with Crippen molar-refractivity contribution in [2.75, 3.05) is 23.4 Å². The number of nitrogens with zero attached hydrogens (tertiary/aromatic N) is 1. The lowest BCUT2D eigenvalue weighted by atomic mass is 9.84. The number of anilines is 2. The maximum atomic E-state index is 14.4. The third-order valence-corrected chi connectivity index (χ3v) is 6.02. The van der Waals surface area contributed by atoms with E-state index in [0.717, 1.165) is 22.0 Å². The van der Waals surface area contributed by atoms with Crippen LogP contribution in [0.25, 0.3) is 0 Å². The van der Waals surface area contributed by atoms with Gasteiger partial charge in [0.15, 0.2) is 0 Å². The van der Waals surface area contributed by atoms with E-state index < -0.39 is 17.0 Å². The van der Waals surface area contributed by atoms with E-state index in [1.165, 1.54) is 30.3 Å². The van der Waals surface area contributed by atoms with E-state index >= 15 is 0 Å². The van der Waals surface area contributed by atoms with Crippen LogP contribution in [-0.2, 0) is 11.8 Å². The topological polar surface area (TPSA) is 37.0 Å². The number of aromatic nitrogens is 1. The van der Waals surface area contributed by atoms with Crippen molar-refractivity contribution in [2.45, 2.75) is 37.5 Å². The molecule has 0 saturated heterocycles. The third kappa shape index (κ3) is 8.51. The summed E-state index contributed by atoms with van der Waals surface area (Å²) in [5.41, 5.74) is 1.93. The SMILES string of the molecule is C=CC(C)(C)c1c(F)cc(NC(=C)Cc2ccc(SCC)cn2)cc1F.CNc1ccc(F)cc1. The average molecular weight is 500 g/mol. The van der Waals surface area contributed by atoms with Gasteiger partial charge in [-0.25, -0.2) is 13.2 Å². The highest BCUT2D eigenvalue weighted by molar-refractivity contribution is 7.99. The largest absolute Gasteiger partial charge is 0.388 e. The molecular formula is C28H32F3N3S. The van der Waals surface area contributed by atoms with E-state index in [1.54, 1.807) is 44.8 Å². The highest BCUT2D eigenvalue weighted by atomic mass is 32.2. The van der Waals surface area contributed by atoms with Crippen molar-refractivity contribution in [1.29, 1.82) is 0 Å². The molecule has 2 aromatic carbocycles. The van der Waals surface area contributed by atoms with Crippen molar-refractivity contribution in [1.82, 2.24) is 4.98 Å². The number of rotatable bonds is 9. The second kappa shape index (κ2) is 13.0. The van der Waals surface area contributed by atoms with Gasteiger partial charge in [-0.2, -0.15) is 0 Å². The van der Waals surface area contributed by atoms with Gasteiger partial charge in [0.25, 0.3) is 0 Å². The van der Waals surface area contributed by atoms with Gasteiger partial charge in [-0.05, 0) is 54.3 Å². The zero-order valence-electron chi connectivity index (χ0n) is 20.6. The van der Waals surface area contributed by atoms with Crippen LogP contribution in [0.4, 0.5) is 24.5 Å². The van der Waals surface area contributed by atoms with Crippen LogP contribution in [0.1, 0.15) is 32.0 Å². The first-order valence-corrected chi connectivity index (χ1v) is 12.2. The molecular weight excluding hydrogens is 467 g/mol. The quantitative estimate of drug-likeness (QED) is 0.231. The Labute approximate surface area is 210 Å². The molecule has 2 N–H and O–H groups in total. The fourth-order valence-electron chi connectivity index (χ4n) is 3.21. The summed E-state index contributed by atoms with van der Waals surface area (Å²) < 4.78 is 41.0. The molecule has 0 radical (unpaired) electrons. The smallest absolute Gasteiger partial charge is 0.132 e. The van der Waals surface area contributed by atoms with Crippen LogP contribution in [0.15, 0.2) is 84.6 Å². The van der Waals surface area contributed by atoms with Crippen molar-refractivity contribution in [2.24, 2.45) is 0 Å². The Morgan fingerprint density at radius 2 is 1.66 bits per heavy atom. The zero-order chi connectivity index (χ0) is 26.0. The first-order valence-electron chi connectivity index (χ1n) is 11.2. The first kappa shape index (κ1) is 28.1. The fraction of sp³-hybridized carbons (Fsp3) is 0.250. The molecule has 0 aliphatic heterocycles. The van der Waals surface area contributed by atoms with Gasteiger partial charge < -0.3 is 10.6 Å². The van der Waals surface area contributed by atoms with Crippen LogP contribution in [0.5, 0.6) is 0 Å². The van der Waals surface area contributed by atoms with Gasteiger partial charge >= 0.3 is 0 Å². The van der Waals surface area contributed by atoms with E-state index in [2.05, 4.69) is 35.7 Å². The van der Waals surface area contributed by atoms with Crippen molar-refractivity contribution in [3.8, 4) is 0 Å². The molecule has 0 fully saturated rings. The number of allylic oxidation sites excluding steroid dienone is 2. The number of pyridine rings is 1. The van der Waals surface area contributed by atoms with Crippen LogP contribution < -0.4 is 10.6 Å². The molecule has 0 unspecified atom stereocenters. The summed E-state index contributed by atoms with van der Waals surface area (Å²) in [5.74, 6) is -0.423. The Balaban J connectivity index is 0.000000402. The Kier molecular flexibility index (Phi) is 10.5.